The number of carbonyl (C=O) groups is 1. The van der Waals surface area contributed by atoms with Gasteiger partial charge in [-0.25, -0.2) is 0 Å². The van der Waals surface area contributed by atoms with Gasteiger partial charge in [-0.05, 0) is 46.0 Å². The molecule has 2 atom stereocenters. The van der Waals surface area contributed by atoms with Gasteiger partial charge in [-0.2, -0.15) is 0 Å². The molecule has 14 heavy (non-hydrogen) atoms. The lowest BCUT2D eigenvalue weighted by atomic mass is 10.0. The lowest BCUT2D eigenvalue weighted by molar-refractivity contribution is -0.117. The maximum absolute atomic E-state index is 11.5. The van der Waals surface area contributed by atoms with Crippen LogP contribution in [-0.4, -0.2) is 5.91 Å². The average molecular weight is 317 g/mol. The number of hydrogen-bond acceptors (Lipinski definition) is 1. The van der Waals surface area contributed by atoms with Crippen LogP contribution in [0.25, 0.3) is 0 Å². The van der Waals surface area contributed by atoms with Crippen molar-refractivity contribution in [3.05, 3.63) is 26.6 Å². The van der Waals surface area contributed by atoms with Crippen LogP contribution < -0.4 is 5.32 Å². The van der Waals surface area contributed by atoms with E-state index in [9.17, 15) is 4.79 Å². The summed E-state index contributed by atoms with van der Waals surface area (Å²) < 4.78 is 2.07. The molecular weight excluding hydrogens is 310 g/mol. The minimum absolute atomic E-state index is 0.168. The Morgan fingerprint density at radius 1 is 1.21 bits per heavy atom. The fourth-order valence-electron chi connectivity index (χ4n) is 2.08. The van der Waals surface area contributed by atoms with E-state index in [0.717, 1.165) is 21.1 Å². The molecule has 0 saturated heterocycles. The summed E-state index contributed by atoms with van der Waals surface area (Å²) in [7, 11) is 0. The Kier molecular flexibility index (Phi) is 1.80. The first kappa shape index (κ1) is 8.92. The monoisotopic (exact) mass is 315 g/mol. The lowest BCUT2D eigenvalue weighted by Gasteiger charge is -2.18. The van der Waals surface area contributed by atoms with Gasteiger partial charge < -0.3 is 5.32 Å². The van der Waals surface area contributed by atoms with Crippen LogP contribution in [0.2, 0.25) is 0 Å². The lowest BCUT2D eigenvalue weighted by Crippen LogP contribution is -2.20. The molecule has 2 unspecified atom stereocenters. The quantitative estimate of drug-likeness (QED) is 0.782. The van der Waals surface area contributed by atoms with Crippen LogP contribution in [0.3, 0.4) is 0 Å². The van der Waals surface area contributed by atoms with Crippen LogP contribution in [0.15, 0.2) is 21.1 Å². The molecule has 1 aromatic rings. The number of hydrogen-bond donors (Lipinski definition) is 1. The van der Waals surface area contributed by atoms with Crippen LogP contribution in [0, 0.1) is 5.92 Å². The second kappa shape index (κ2) is 2.83. The molecular formula is C10H7Br2NO. The third-order valence-corrected chi connectivity index (χ3v) is 4.24. The molecule has 2 aliphatic rings. The summed E-state index contributed by atoms with van der Waals surface area (Å²) in [5, 5.41) is 2.94. The highest BCUT2D eigenvalue weighted by molar-refractivity contribution is 9.11. The molecule has 0 spiro atoms. The second-order valence-corrected chi connectivity index (χ2v) is 5.46. The van der Waals surface area contributed by atoms with Gasteiger partial charge in [0.15, 0.2) is 0 Å². The number of carbonyl (C=O) groups excluding carboxylic acids is 1. The largest absolute Gasteiger partial charge is 0.325 e. The number of amides is 1. The van der Waals surface area contributed by atoms with Gasteiger partial charge in [-0.15, -0.1) is 0 Å². The maximum atomic E-state index is 11.5. The van der Waals surface area contributed by atoms with Gasteiger partial charge in [0.2, 0.25) is 5.91 Å². The molecule has 1 heterocycles. The van der Waals surface area contributed by atoms with Gasteiger partial charge in [0.1, 0.15) is 0 Å². The summed E-state index contributed by atoms with van der Waals surface area (Å²) >= 11 is 6.99. The first-order chi connectivity index (χ1) is 6.68. The van der Waals surface area contributed by atoms with Crippen LogP contribution >= 0.6 is 31.9 Å². The van der Waals surface area contributed by atoms with Gasteiger partial charge in [-0.1, -0.05) is 15.9 Å². The Labute approximate surface area is 98.3 Å². The van der Waals surface area contributed by atoms with E-state index in [1.165, 1.54) is 5.56 Å². The summed E-state index contributed by atoms with van der Waals surface area (Å²) in [6, 6.07) is 3.97. The van der Waals surface area contributed by atoms with E-state index in [2.05, 4.69) is 37.2 Å². The molecule has 1 aliphatic heterocycles. The van der Waals surface area contributed by atoms with E-state index < -0.39 is 0 Å². The highest BCUT2D eigenvalue weighted by Gasteiger charge is 2.49. The second-order valence-electron chi connectivity index (χ2n) is 3.76. The van der Waals surface area contributed by atoms with Gasteiger partial charge >= 0.3 is 0 Å². The number of rotatable bonds is 0. The van der Waals surface area contributed by atoms with Gasteiger partial charge in [-0.3, -0.25) is 4.79 Å². The molecule has 3 rings (SSSR count). The molecule has 72 valence electrons. The Morgan fingerprint density at radius 3 is 2.71 bits per heavy atom. The Hall–Kier alpha value is -0.350. The van der Waals surface area contributed by atoms with Crippen molar-refractivity contribution < 1.29 is 4.79 Å². The summed E-state index contributed by atoms with van der Waals surface area (Å²) in [4.78, 5) is 11.5. The minimum atomic E-state index is 0.168. The molecule has 1 aromatic carbocycles. The molecule has 1 saturated carbocycles. The fraction of sp³-hybridized carbons (Fsp3) is 0.300. The molecule has 0 radical (unpaired) electrons. The molecule has 1 aliphatic carbocycles. The van der Waals surface area contributed by atoms with E-state index >= 15 is 0 Å². The number of anilines is 1. The van der Waals surface area contributed by atoms with E-state index in [4.69, 9.17) is 0 Å². The van der Waals surface area contributed by atoms with Crippen molar-refractivity contribution in [2.75, 3.05) is 5.32 Å². The molecule has 0 aromatic heterocycles. The van der Waals surface area contributed by atoms with Crippen molar-refractivity contribution in [2.24, 2.45) is 5.92 Å². The topological polar surface area (TPSA) is 29.1 Å². The molecule has 0 bridgehead atoms. The average Bonchev–Trinajstić information content (AvgIpc) is 2.91. The third kappa shape index (κ3) is 1.10. The van der Waals surface area contributed by atoms with E-state index in [0.29, 0.717) is 5.92 Å². The molecule has 1 amide bonds. The Balaban J connectivity index is 2.24. The maximum Gasteiger partial charge on any atom is 0.228 e. The molecule has 2 nitrogen and oxygen atoms in total. The smallest absolute Gasteiger partial charge is 0.228 e. The zero-order chi connectivity index (χ0) is 9.87. The Morgan fingerprint density at radius 2 is 1.93 bits per heavy atom. The number of benzene rings is 1. The van der Waals surface area contributed by atoms with Gasteiger partial charge in [0.05, 0.1) is 5.69 Å². The van der Waals surface area contributed by atoms with Crippen molar-refractivity contribution >= 4 is 43.5 Å². The Bertz CT molecular complexity index is 444. The SMILES string of the molecule is O=C1Nc2c(Br)ccc(Br)c2C2CC12. The predicted molar refractivity (Wildman–Crippen MR) is 61.3 cm³/mol. The van der Waals surface area contributed by atoms with E-state index in [-0.39, 0.29) is 11.8 Å². The fourth-order valence-corrected chi connectivity index (χ4v) is 3.15. The van der Waals surface area contributed by atoms with Crippen molar-refractivity contribution in [1.82, 2.24) is 0 Å². The van der Waals surface area contributed by atoms with E-state index in [1.54, 1.807) is 0 Å². The molecule has 1 fully saturated rings. The summed E-state index contributed by atoms with van der Waals surface area (Å²) in [5.74, 6) is 0.819. The standard InChI is InChI=1S/C10H7Br2NO/c11-6-1-2-7(12)9-8(6)4-3-5(4)10(14)13-9/h1-2,4-5H,3H2,(H,13,14). The van der Waals surface area contributed by atoms with Gasteiger partial charge in [0.25, 0.3) is 0 Å². The zero-order valence-corrected chi connectivity index (χ0v) is 10.4. The number of fused-ring (bicyclic) bond motifs is 3. The van der Waals surface area contributed by atoms with Crippen molar-refractivity contribution in [3.63, 3.8) is 0 Å². The molecule has 1 N–H and O–H groups in total. The van der Waals surface area contributed by atoms with Crippen LogP contribution in [0.1, 0.15) is 17.9 Å². The first-order valence-electron chi connectivity index (χ1n) is 4.47. The zero-order valence-electron chi connectivity index (χ0n) is 7.18. The molecule has 4 heteroatoms. The van der Waals surface area contributed by atoms with Crippen LogP contribution in [0.5, 0.6) is 0 Å². The highest BCUT2D eigenvalue weighted by atomic mass is 79.9. The minimum Gasteiger partial charge on any atom is -0.325 e. The summed E-state index contributed by atoms with van der Waals surface area (Å²) in [6.45, 7) is 0. The number of nitrogens with one attached hydrogen (secondary N) is 1. The highest BCUT2D eigenvalue weighted by Crippen LogP contribution is 2.56. The normalized spacial score (nSPS) is 27.7. The van der Waals surface area contributed by atoms with Crippen LogP contribution in [0.4, 0.5) is 5.69 Å². The van der Waals surface area contributed by atoms with Gasteiger partial charge in [0, 0.05) is 14.9 Å². The van der Waals surface area contributed by atoms with Crippen molar-refractivity contribution in [1.29, 1.82) is 0 Å². The third-order valence-electron chi connectivity index (χ3n) is 2.89. The number of halogens is 2. The van der Waals surface area contributed by atoms with E-state index in [1.807, 2.05) is 12.1 Å². The summed E-state index contributed by atoms with van der Waals surface area (Å²) in [5.41, 5.74) is 2.20. The summed E-state index contributed by atoms with van der Waals surface area (Å²) in [6.07, 6.45) is 0.994. The first-order valence-corrected chi connectivity index (χ1v) is 6.06. The van der Waals surface area contributed by atoms with Crippen molar-refractivity contribution in [2.45, 2.75) is 12.3 Å². The van der Waals surface area contributed by atoms with Crippen molar-refractivity contribution in [3.8, 4) is 0 Å². The predicted octanol–water partition coefficient (Wildman–Crippen LogP) is 3.27. The van der Waals surface area contributed by atoms with Crippen LogP contribution in [-0.2, 0) is 4.79 Å².